The fraction of sp³-hybridized carbons (Fsp3) is 0.538. The van der Waals surface area contributed by atoms with Crippen molar-refractivity contribution in [3.8, 4) is 5.75 Å². The molecule has 1 heterocycles. The van der Waals surface area contributed by atoms with Crippen molar-refractivity contribution in [2.45, 2.75) is 18.4 Å². The van der Waals surface area contributed by atoms with E-state index >= 15 is 0 Å². The number of aliphatic hydroxyl groups is 1. The van der Waals surface area contributed by atoms with Crippen molar-refractivity contribution < 1.29 is 9.84 Å². The number of anilines is 1. The Morgan fingerprint density at radius 3 is 2.59 bits per heavy atom. The first-order chi connectivity index (χ1) is 8.18. The summed E-state index contributed by atoms with van der Waals surface area (Å²) in [5.41, 5.74) is 5.99. The van der Waals surface area contributed by atoms with Crippen LogP contribution < -0.4 is 15.4 Å². The first-order valence-electron chi connectivity index (χ1n) is 5.99. The van der Waals surface area contributed by atoms with E-state index in [1.165, 1.54) is 0 Å². The maximum Gasteiger partial charge on any atom is 0.142 e. The van der Waals surface area contributed by atoms with Crippen LogP contribution in [-0.4, -0.2) is 37.5 Å². The smallest absolute Gasteiger partial charge is 0.142 e. The van der Waals surface area contributed by atoms with Gasteiger partial charge in [-0.25, -0.2) is 0 Å². The second-order valence-corrected chi connectivity index (χ2v) is 4.59. The van der Waals surface area contributed by atoms with Gasteiger partial charge in [0.2, 0.25) is 0 Å². The Morgan fingerprint density at radius 2 is 2.00 bits per heavy atom. The van der Waals surface area contributed by atoms with Crippen molar-refractivity contribution in [3.63, 3.8) is 0 Å². The molecule has 0 atom stereocenters. The number of nitrogens with zero attached hydrogens (tertiary/aromatic N) is 1. The number of hydrogen-bond acceptors (Lipinski definition) is 4. The topological polar surface area (TPSA) is 58.7 Å². The lowest BCUT2D eigenvalue weighted by Gasteiger charge is -2.39. The fourth-order valence-electron chi connectivity index (χ4n) is 2.26. The quantitative estimate of drug-likeness (QED) is 0.821. The summed E-state index contributed by atoms with van der Waals surface area (Å²) in [5.74, 6) is 0.880. The van der Waals surface area contributed by atoms with E-state index in [2.05, 4.69) is 4.90 Å². The SMILES string of the molecule is COc1ccccc1N1CCC(O)(CN)CC1. The second-order valence-electron chi connectivity index (χ2n) is 4.59. The number of para-hydroxylation sites is 2. The predicted octanol–water partition coefficient (Wildman–Crippen LogP) is 0.985. The van der Waals surface area contributed by atoms with Crippen molar-refractivity contribution in [3.05, 3.63) is 24.3 Å². The molecule has 0 spiro atoms. The zero-order valence-corrected chi connectivity index (χ0v) is 10.2. The Morgan fingerprint density at radius 1 is 1.35 bits per heavy atom. The molecule has 1 fully saturated rings. The number of ether oxygens (including phenoxy) is 1. The average Bonchev–Trinajstić information content (AvgIpc) is 2.40. The van der Waals surface area contributed by atoms with Crippen LogP contribution >= 0.6 is 0 Å². The minimum Gasteiger partial charge on any atom is -0.495 e. The highest BCUT2D eigenvalue weighted by molar-refractivity contribution is 5.58. The zero-order chi connectivity index (χ0) is 12.3. The Hall–Kier alpha value is -1.26. The molecule has 1 aliphatic heterocycles. The van der Waals surface area contributed by atoms with Gasteiger partial charge in [0.05, 0.1) is 18.4 Å². The summed E-state index contributed by atoms with van der Waals surface area (Å²) in [6.07, 6.45) is 1.42. The van der Waals surface area contributed by atoms with Crippen LogP contribution in [0.15, 0.2) is 24.3 Å². The second kappa shape index (κ2) is 4.94. The van der Waals surface area contributed by atoms with Crippen molar-refractivity contribution in [2.24, 2.45) is 5.73 Å². The van der Waals surface area contributed by atoms with Crippen LogP contribution in [-0.2, 0) is 0 Å². The number of rotatable bonds is 3. The summed E-state index contributed by atoms with van der Waals surface area (Å²) >= 11 is 0. The van der Waals surface area contributed by atoms with Gasteiger partial charge in [0.25, 0.3) is 0 Å². The Labute approximate surface area is 102 Å². The lowest BCUT2D eigenvalue weighted by molar-refractivity contribution is 0.0249. The minimum atomic E-state index is -0.682. The van der Waals surface area contributed by atoms with E-state index in [1.54, 1.807) is 7.11 Å². The highest BCUT2D eigenvalue weighted by Crippen LogP contribution is 2.32. The van der Waals surface area contributed by atoms with Gasteiger partial charge in [-0.1, -0.05) is 12.1 Å². The van der Waals surface area contributed by atoms with Gasteiger partial charge in [-0.3, -0.25) is 0 Å². The largest absolute Gasteiger partial charge is 0.495 e. The summed E-state index contributed by atoms with van der Waals surface area (Å²) in [6.45, 7) is 1.97. The minimum absolute atomic E-state index is 0.340. The number of benzene rings is 1. The lowest BCUT2D eigenvalue weighted by atomic mass is 9.91. The zero-order valence-electron chi connectivity index (χ0n) is 10.2. The molecule has 17 heavy (non-hydrogen) atoms. The molecule has 4 nitrogen and oxygen atoms in total. The van der Waals surface area contributed by atoms with Gasteiger partial charge in [0, 0.05) is 19.6 Å². The molecule has 0 aliphatic carbocycles. The predicted molar refractivity (Wildman–Crippen MR) is 68.4 cm³/mol. The average molecular weight is 236 g/mol. The van der Waals surface area contributed by atoms with E-state index in [1.807, 2.05) is 24.3 Å². The molecule has 0 amide bonds. The van der Waals surface area contributed by atoms with E-state index in [0.717, 1.165) is 24.5 Å². The molecule has 1 aromatic rings. The summed E-state index contributed by atoms with van der Waals surface area (Å²) in [6, 6.07) is 7.97. The summed E-state index contributed by atoms with van der Waals surface area (Å²) in [7, 11) is 1.68. The molecule has 0 radical (unpaired) electrons. The van der Waals surface area contributed by atoms with Gasteiger partial charge in [-0.15, -0.1) is 0 Å². The molecule has 0 bridgehead atoms. The van der Waals surface area contributed by atoms with Crippen LogP contribution in [0, 0.1) is 0 Å². The first-order valence-corrected chi connectivity index (χ1v) is 5.99. The van der Waals surface area contributed by atoms with Gasteiger partial charge >= 0.3 is 0 Å². The molecule has 4 heteroatoms. The fourth-order valence-corrected chi connectivity index (χ4v) is 2.26. The third-order valence-corrected chi connectivity index (χ3v) is 3.50. The summed E-state index contributed by atoms with van der Waals surface area (Å²) in [5, 5.41) is 10.1. The van der Waals surface area contributed by atoms with Crippen LogP contribution in [0.4, 0.5) is 5.69 Å². The van der Waals surface area contributed by atoms with Crippen LogP contribution in [0.25, 0.3) is 0 Å². The van der Waals surface area contributed by atoms with Crippen LogP contribution in [0.1, 0.15) is 12.8 Å². The van der Waals surface area contributed by atoms with Crippen LogP contribution in [0.3, 0.4) is 0 Å². The highest BCUT2D eigenvalue weighted by atomic mass is 16.5. The molecule has 3 N–H and O–H groups in total. The first kappa shape index (κ1) is 12.2. The van der Waals surface area contributed by atoms with E-state index in [4.69, 9.17) is 10.5 Å². The molecular weight excluding hydrogens is 216 g/mol. The monoisotopic (exact) mass is 236 g/mol. The molecule has 1 aliphatic rings. The standard InChI is InChI=1S/C13H20N2O2/c1-17-12-5-3-2-4-11(12)15-8-6-13(16,10-14)7-9-15/h2-5,16H,6-10,14H2,1H3. The van der Waals surface area contributed by atoms with Crippen molar-refractivity contribution in [2.75, 3.05) is 31.6 Å². The maximum absolute atomic E-state index is 10.1. The number of methoxy groups -OCH3 is 1. The van der Waals surface area contributed by atoms with Gasteiger partial charge in [0.15, 0.2) is 0 Å². The molecule has 0 unspecified atom stereocenters. The third-order valence-electron chi connectivity index (χ3n) is 3.50. The van der Waals surface area contributed by atoms with Crippen LogP contribution in [0.5, 0.6) is 5.75 Å². The van der Waals surface area contributed by atoms with Gasteiger partial charge in [-0.2, -0.15) is 0 Å². The Balaban J connectivity index is 2.10. The maximum atomic E-state index is 10.1. The van der Waals surface area contributed by atoms with E-state index in [9.17, 15) is 5.11 Å². The molecule has 0 saturated carbocycles. The number of piperidine rings is 1. The molecule has 1 saturated heterocycles. The number of nitrogens with two attached hydrogens (primary N) is 1. The normalized spacial score (nSPS) is 19.1. The van der Waals surface area contributed by atoms with E-state index in [-0.39, 0.29) is 0 Å². The van der Waals surface area contributed by atoms with Gasteiger partial charge in [-0.05, 0) is 25.0 Å². The Bertz CT molecular complexity index is 373. The van der Waals surface area contributed by atoms with Crippen molar-refractivity contribution in [1.82, 2.24) is 0 Å². The lowest BCUT2D eigenvalue weighted by Crippen LogP contribution is -2.48. The molecule has 94 valence electrons. The van der Waals surface area contributed by atoms with Crippen LogP contribution in [0.2, 0.25) is 0 Å². The van der Waals surface area contributed by atoms with Crippen molar-refractivity contribution >= 4 is 5.69 Å². The summed E-state index contributed by atoms with van der Waals surface area (Å²) < 4.78 is 5.35. The molecular formula is C13H20N2O2. The molecule has 2 rings (SSSR count). The van der Waals surface area contributed by atoms with E-state index in [0.29, 0.717) is 19.4 Å². The van der Waals surface area contributed by atoms with Gasteiger partial charge < -0.3 is 20.5 Å². The molecule has 1 aromatic carbocycles. The third kappa shape index (κ3) is 2.53. The highest BCUT2D eigenvalue weighted by Gasteiger charge is 2.31. The van der Waals surface area contributed by atoms with E-state index < -0.39 is 5.60 Å². The number of hydrogen-bond donors (Lipinski definition) is 2. The molecule has 0 aromatic heterocycles. The Kier molecular flexibility index (Phi) is 3.54. The summed E-state index contributed by atoms with van der Waals surface area (Å²) in [4.78, 5) is 2.24. The van der Waals surface area contributed by atoms with Crippen molar-refractivity contribution in [1.29, 1.82) is 0 Å². The van der Waals surface area contributed by atoms with Gasteiger partial charge in [0.1, 0.15) is 5.75 Å².